The van der Waals surface area contributed by atoms with E-state index in [4.69, 9.17) is 9.47 Å². The molecule has 2 aromatic rings. The predicted octanol–water partition coefficient (Wildman–Crippen LogP) is 3.63. The van der Waals surface area contributed by atoms with Gasteiger partial charge in [0.15, 0.2) is 11.5 Å². The first-order valence-corrected chi connectivity index (χ1v) is 10.0. The van der Waals surface area contributed by atoms with Gasteiger partial charge in [0.05, 0.1) is 31.3 Å². The van der Waals surface area contributed by atoms with E-state index in [-0.39, 0.29) is 11.3 Å². The number of nitrogens with zero attached hydrogens (tertiary/aromatic N) is 4. The molecule has 0 saturated carbocycles. The highest BCUT2D eigenvalue weighted by atomic mass is 16.5. The monoisotopic (exact) mass is 398 g/mol. The number of aryl methyl sites for hydroxylation is 1. The summed E-state index contributed by atoms with van der Waals surface area (Å²) in [6, 6.07) is 5.68. The molecule has 0 N–H and O–H groups in total. The van der Waals surface area contributed by atoms with Crippen LogP contribution in [0.1, 0.15) is 61.4 Å². The molecule has 2 aromatic heterocycles. The lowest BCUT2D eigenvalue weighted by atomic mass is 9.93. The molecule has 3 rings (SSSR count). The number of carbonyl (C=O) groups excluding carboxylic acids is 1. The normalized spacial score (nSPS) is 15.3. The summed E-state index contributed by atoms with van der Waals surface area (Å²) in [7, 11) is 1.57. The molecular formula is C22H30N4O3. The fourth-order valence-electron chi connectivity index (χ4n) is 3.27. The van der Waals surface area contributed by atoms with E-state index in [9.17, 15) is 4.79 Å². The molecule has 0 atom stereocenters. The van der Waals surface area contributed by atoms with Gasteiger partial charge in [0, 0.05) is 25.1 Å². The zero-order valence-corrected chi connectivity index (χ0v) is 17.9. The van der Waals surface area contributed by atoms with E-state index in [0.29, 0.717) is 42.8 Å². The van der Waals surface area contributed by atoms with Crippen LogP contribution in [0.3, 0.4) is 0 Å². The molecule has 1 fully saturated rings. The fourth-order valence-corrected chi connectivity index (χ4v) is 3.27. The minimum Gasteiger partial charge on any atom is -0.493 e. The lowest BCUT2D eigenvalue weighted by Crippen LogP contribution is -2.38. The molecule has 0 aliphatic carbocycles. The van der Waals surface area contributed by atoms with Gasteiger partial charge in [0.1, 0.15) is 5.69 Å². The average Bonchev–Trinajstić information content (AvgIpc) is 2.71. The second-order valence-corrected chi connectivity index (χ2v) is 8.74. The van der Waals surface area contributed by atoms with Crippen LogP contribution in [-0.4, -0.2) is 52.8 Å². The van der Waals surface area contributed by atoms with E-state index in [1.165, 1.54) is 0 Å². The molecule has 1 aliphatic rings. The van der Waals surface area contributed by atoms with Crippen LogP contribution < -0.4 is 9.47 Å². The van der Waals surface area contributed by atoms with Crippen LogP contribution in [0.2, 0.25) is 0 Å². The van der Waals surface area contributed by atoms with Crippen molar-refractivity contribution in [3.05, 3.63) is 41.5 Å². The van der Waals surface area contributed by atoms with Gasteiger partial charge < -0.3 is 14.4 Å². The first-order valence-electron chi connectivity index (χ1n) is 10.0. The summed E-state index contributed by atoms with van der Waals surface area (Å²) in [5, 5.41) is 8.45. The maximum Gasteiger partial charge on any atom is 0.272 e. The van der Waals surface area contributed by atoms with E-state index in [1.54, 1.807) is 19.4 Å². The van der Waals surface area contributed by atoms with E-state index in [2.05, 4.69) is 36.0 Å². The number of hydrogen-bond acceptors (Lipinski definition) is 6. The minimum atomic E-state index is -0.0842. The Balaban J connectivity index is 1.64. The van der Waals surface area contributed by atoms with E-state index in [0.717, 1.165) is 24.2 Å². The largest absolute Gasteiger partial charge is 0.493 e. The third-order valence-corrected chi connectivity index (χ3v) is 4.95. The van der Waals surface area contributed by atoms with Gasteiger partial charge in [-0.1, -0.05) is 20.8 Å². The van der Waals surface area contributed by atoms with Crippen LogP contribution in [-0.2, 0) is 0 Å². The van der Waals surface area contributed by atoms with Crippen molar-refractivity contribution < 1.29 is 14.3 Å². The van der Waals surface area contributed by atoms with Gasteiger partial charge in [-0.05, 0) is 37.3 Å². The first kappa shape index (κ1) is 21.0. The topological polar surface area (TPSA) is 77.4 Å². The zero-order chi connectivity index (χ0) is 21.0. The Hall–Kier alpha value is -2.70. The van der Waals surface area contributed by atoms with Gasteiger partial charge in [-0.25, -0.2) is 4.98 Å². The van der Waals surface area contributed by atoms with Gasteiger partial charge in [-0.3, -0.25) is 4.79 Å². The van der Waals surface area contributed by atoms with Crippen LogP contribution in [0.5, 0.6) is 11.5 Å². The second-order valence-electron chi connectivity index (χ2n) is 8.74. The van der Waals surface area contributed by atoms with Crippen LogP contribution >= 0.6 is 0 Å². The third-order valence-electron chi connectivity index (χ3n) is 4.95. The van der Waals surface area contributed by atoms with Crippen molar-refractivity contribution in [2.75, 3.05) is 26.8 Å². The number of carbonyl (C=O) groups is 1. The lowest BCUT2D eigenvalue weighted by Gasteiger charge is -2.31. The summed E-state index contributed by atoms with van der Waals surface area (Å²) < 4.78 is 11.2. The fraction of sp³-hybridized carbons (Fsp3) is 0.545. The molecule has 7 heteroatoms. The van der Waals surface area contributed by atoms with Crippen molar-refractivity contribution >= 4 is 5.91 Å². The molecule has 0 bridgehead atoms. The molecule has 1 amide bonds. The molecule has 29 heavy (non-hydrogen) atoms. The van der Waals surface area contributed by atoms with Crippen LogP contribution in [0.25, 0.3) is 0 Å². The van der Waals surface area contributed by atoms with Crippen molar-refractivity contribution in [2.45, 2.75) is 46.5 Å². The standard InChI is InChI=1S/C22H30N4O3/c1-15-6-7-17(25-24-15)16-8-10-26(11-9-16)21(27)18-12-19(28-5)20(13-23-18)29-14-22(2,3)4/h6-7,12-13,16H,8-11,14H2,1-5H3. The predicted molar refractivity (Wildman–Crippen MR) is 110 cm³/mol. The van der Waals surface area contributed by atoms with Gasteiger partial charge >= 0.3 is 0 Å². The highest BCUT2D eigenvalue weighted by molar-refractivity contribution is 5.93. The van der Waals surface area contributed by atoms with Gasteiger partial charge in [-0.2, -0.15) is 10.2 Å². The van der Waals surface area contributed by atoms with Gasteiger partial charge in [0.25, 0.3) is 5.91 Å². The maximum absolute atomic E-state index is 12.9. The highest BCUT2D eigenvalue weighted by Gasteiger charge is 2.27. The number of likely N-dealkylation sites (tertiary alicyclic amines) is 1. The molecule has 0 unspecified atom stereocenters. The van der Waals surface area contributed by atoms with Crippen molar-refractivity contribution in [1.82, 2.24) is 20.1 Å². The Labute approximate surface area is 172 Å². The Kier molecular flexibility index (Phi) is 6.35. The summed E-state index contributed by atoms with van der Waals surface area (Å²) >= 11 is 0. The Morgan fingerprint density at radius 3 is 2.48 bits per heavy atom. The van der Waals surface area contributed by atoms with Crippen molar-refractivity contribution in [3.63, 3.8) is 0 Å². The minimum absolute atomic E-state index is 0.0195. The number of hydrogen-bond donors (Lipinski definition) is 0. The van der Waals surface area contributed by atoms with Crippen molar-refractivity contribution in [2.24, 2.45) is 5.41 Å². The maximum atomic E-state index is 12.9. The zero-order valence-electron chi connectivity index (χ0n) is 17.9. The summed E-state index contributed by atoms with van der Waals surface area (Å²) in [5.41, 5.74) is 2.31. The molecule has 156 valence electrons. The summed E-state index contributed by atoms with van der Waals surface area (Å²) in [5.74, 6) is 1.33. The number of pyridine rings is 1. The smallest absolute Gasteiger partial charge is 0.272 e. The van der Waals surface area contributed by atoms with E-state index >= 15 is 0 Å². The van der Waals surface area contributed by atoms with Crippen LogP contribution in [0, 0.1) is 12.3 Å². The molecular weight excluding hydrogens is 368 g/mol. The molecule has 7 nitrogen and oxygen atoms in total. The third kappa shape index (κ3) is 5.43. The molecule has 0 spiro atoms. The summed E-state index contributed by atoms with van der Waals surface area (Å²) in [4.78, 5) is 19.1. The highest BCUT2D eigenvalue weighted by Crippen LogP contribution is 2.30. The number of methoxy groups -OCH3 is 1. The van der Waals surface area contributed by atoms with Crippen LogP contribution in [0.15, 0.2) is 24.4 Å². The number of rotatable bonds is 5. The molecule has 0 radical (unpaired) electrons. The first-order chi connectivity index (χ1) is 13.8. The molecule has 3 heterocycles. The summed E-state index contributed by atoms with van der Waals surface area (Å²) in [6.45, 7) is 10.1. The van der Waals surface area contributed by atoms with E-state index < -0.39 is 0 Å². The van der Waals surface area contributed by atoms with Crippen molar-refractivity contribution in [1.29, 1.82) is 0 Å². The number of amides is 1. The Bertz CT molecular complexity index is 838. The molecule has 1 aliphatic heterocycles. The van der Waals surface area contributed by atoms with Gasteiger partial charge in [-0.15, -0.1) is 0 Å². The SMILES string of the molecule is COc1cc(C(=O)N2CCC(c3ccc(C)nn3)CC2)ncc1OCC(C)(C)C. The lowest BCUT2D eigenvalue weighted by molar-refractivity contribution is 0.0705. The number of piperidine rings is 1. The molecule has 1 saturated heterocycles. The average molecular weight is 399 g/mol. The van der Waals surface area contributed by atoms with Gasteiger partial charge in [0.2, 0.25) is 0 Å². The Morgan fingerprint density at radius 2 is 1.90 bits per heavy atom. The Morgan fingerprint density at radius 1 is 1.17 bits per heavy atom. The van der Waals surface area contributed by atoms with Crippen molar-refractivity contribution in [3.8, 4) is 11.5 Å². The van der Waals surface area contributed by atoms with Crippen LogP contribution in [0.4, 0.5) is 0 Å². The summed E-state index contributed by atoms with van der Waals surface area (Å²) in [6.07, 6.45) is 3.31. The number of ether oxygens (including phenoxy) is 2. The van der Waals surface area contributed by atoms with E-state index in [1.807, 2.05) is 24.0 Å². The molecule has 0 aromatic carbocycles. The number of aromatic nitrogens is 3. The quantitative estimate of drug-likeness (QED) is 0.765. The second kappa shape index (κ2) is 8.76.